The van der Waals surface area contributed by atoms with Gasteiger partial charge in [-0.15, -0.1) is 0 Å². The lowest BCUT2D eigenvalue weighted by molar-refractivity contribution is 0.0912. The maximum atomic E-state index is 12.6. The number of hydrogen-bond acceptors (Lipinski definition) is 2. The zero-order valence-electron chi connectivity index (χ0n) is 12.6. The summed E-state index contributed by atoms with van der Waals surface area (Å²) in [7, 11) is 0. The van der Waals surface area contributed by atoms with Gasteiger partial charge in [-0.05, 0) is 24.8 Å². The molecule has 0 unspecified atom stereocenters. The molecule has 0 radical (unpaired) electrons. The Hall–Kier alpha value is -2.16. The molecule has 3 aromatic rings. The molecule has 0 aliphatic heterocycles. The highest BCUT2D eigenvalue weighted by atomic mass is 16.1. The van der Waals surface area contributed by atoms with Gasteiger partial charge in [-0.3, -0.25) is 9.78 Å². The van der Waals surface area contributed by atoms with Gasteiger partial charge in [-0.25, -0.2) is 0 Å². The molecule has 0 saturated heterocycles. The minimum absolute atomic E-state index is 0.00319. The number of para-hydroxylation sites is 1. The highest BCUT2D eigenvalue weighted by Crippen LogP contribution is 2.39. The smallest absolute Gasteiger partial charge is 0.167 e. The van der Waals surface area contributed by atoms with E-state index in [-0.39, 0.29) is 11.2 Å². The molecule has 0 spiro atoms. The second-order valence-electron chi connectivity index (χ2n) is 6.88. The molecule has 4 rings (SSSR count). The molecule has 1 aromatic carbocycles. The third-order valence-corrected chi connectivity index (χ3v) is 4.47. The van der Waals surface area contributed by atoms with Gasteiger partial charge in [-0.1, -0.05) is 32.0 Å². The summed E-state index contributed by atoms with van der Waals surface area (Å²) >= 11 is 0. The molecule has 3 heteroatoms. The molecule has 0 amide bonds. The predicted molar refractivity (Wildman–Crippen MR) is 84.8 cm³/mol. The van der Waals surface area contributed by atoms with E-state index >= 15 is 0 Å². The van der Waals surface area contributed by atoms with Gasteiger partial charge < -0.3 is 4.98 Å². The molecule has 1 N–H and O–H groups in total. The fraction of sp³-hybridized carbons (Fsp3) is 0.333. The van der Waals surface area contributed by atoms with Crippen LogP contribution < -0.4 is 0 Å². The lowest BCUT2D eigenvalue weighted by atomic mass is 9.75. The fourth-order valence-electron chi connectivity index (χ4n) is 3.63. The quantitative estimate of drug-likeness (QED) is 0.670. The first kappa shape index (κ1) is 12.6. The van der Waals surface area contributed by atoms with Crippen molar-refractivity contribution in [2.45, 2.75) is 33.6 Å². The summed E-state index contributed by atoms with van der Waals surface area (Å²) < 4.78 is 0. The SMILES string of the molecule is Cc1nc2c(c3[nH]c4ccccc4c13)C(=O)CC(C)(C)C2. The average Bonchev–Trinajstić information content (AvgIpc) is 2.75. The number of hydrogen-bond donors (Lipinski definition) is 1. The number of nitrogens with zero attached hydrogens (tertiary/aromatic N) is 1. The minimum atomic E-state index is 0.00319. The van der Waals surface area contributed by atoms with E-state index in [9.17, 15) is 4.79 Å². The van der Waals surface area contributed by atoms with Crippen LogP contribution in [0, 0.1) is 12.3 Å². The maximum Gasteiger partial charge on any atom is 0.167 e. The number of carbonyl (C=O) groups is 1. The maximum absolute atomic E-state index is 12.6. The third kappa shape index (κ3) is 1.73. The molecular formula is C18H18N2O. The first-order chi connectivity index (χ1) is 9.96. The van der Waals surface area contributed by atoms with Crippen molar-refractivity contribution in [1.82, 2.24) is 9.97 Å². The Morgan fingerprint density at radius 1 is 1.19 bits per heavy atom. The lowest BCUT2D eigenvalue weighted by Crippen LogP contribution is -2.28. The van der Waals surface area contributed by atoms with E-state index < -0.39 is 0 Å². The molecule has 0 fully saturated rings. The van der Waals surface area contributed by atoms with Crippen LogP contribution in [-0.4, -0.2) is 15.8 Å². The first-order valence-corrected chi connectivity index (χ1v) is 7.39. The summed E-state index contributed by atoms with van der Waals surface area (Å²) in [6.45, 7) is 6.31. The number of aryl methyl sites for hydroxylation is 1. The van der Waals surface area contributed by atoms with Crippen molar-refractivity contribution >= 4 is 27.6 Å². The fourth-order valence-corrected chi connectivity index (χ4v) is 3.63. The average molecular weight is 278 g/mol. The van der Waals surface area contributed by atoms with E-state index in [4.69, 9.17) is 4.98 Å². The third-order valence-electron chi connectivity index (χ3n) is 4.47. The van der Waals surface area contributed by atoms with Crippen LogP contribution in [0.2, 0.25) is 0 Å². The number of rotatable bonds is 0. The van der Waals surface area contributed by atoms with Gasteiger partial charge in [0.1, 0.15) is 0 Å². The normalized spacial score (nSPS) is 17.4. The first-order valence-electron chi connectivity index (χ1n) is 7.39. The Morgan fingerprint density at radius 2 is 1.95 bits per heavy atom. The van der Waals surface area contributed by atoms with Crippen molar-refractivity contribution in [1.29, 1.82) is 0 Å². The van der Waals surface area contributed by atoms with Crippen LogP contribution in [-0.2, 0) is 6.42 Å². The summed E-state index contributed by atoms with van der Waals surface area (Å²) in [5.41, 5.74) is 4.82. The zero-order valence-corrected chi connectivity index (χ0v) is 12.6. The van der Waals surface area contributed by atoms with Crippen molar-refractivity contribution in [3.8, 4) is 0 Å². The summed E-state index contributed by atoms with van der Waals surface area (Å²) in [6, 6.07) is 8.18. The molecular weight excluding hydrogens is 260 g/mol. The van der Waals surface area contributed by atoms with E-state index in [1.165, 1.54) is 0 Å². The molecule has 106 valence electrons. The molecule has 21 heavy (non-hydrogen) atoms. The van der Waals surface area contributed by atoms with Crippen molar-refractivity contribution in [3.63, 3.8) is 0 Å². The van der Waals surface area contributed by atoms with E-state index in [0.717, 1.165) is 45.2 Å². The minimum Gasteiger partial charge on any atom is -0.354 e. The molecule has 0 saturated carbocycles. The van der Waals surface area contributed by atoms with Crippen LogP contribution in [0.5, 0.6) is 0 Å². The van der Waals surface area contributed by atoms with Crippen LogP contribution >= 0.6 is 0 Å². The van der Waals surface area contributed by atoms with E-state index in [1.54, 1.807) is 0 Å². The van der Waals surface area contributed by atoms with E-state index in [0.29, 0.717) is 6.42 Å². The summed E-state index contributed by atoms with van der Waals surface area (Å²) in [4.78, 5) is 20.9. The van der Waals surface area contributed by atoms with Gasteiger partial charge in [-0.2, -0.15) is 0 Å². The summed E-state index contributed by atoms with van der Waals surface area (Å²) in [5, 5.41) is 2.25. The van der Waals surface area contributed by atoms with Crippen LogP contribution in [0.15, 0.2) is 24.3 Å². The number of nitrogens with one attached hydrogen (secondary N) is 1. The molecule has 0 bridgehead atoms. The van der Waals surface area contributed by atoms with Crippen molar-refractivity contribution in [2.75, 3.05) is 0 Å². The summed E-state index contributed by atoms with van der Waals surface area (Å²) in [6.07, 6.45) is 1.45. The zero-order chi connectivity index (χ0) is 14.8. The molecule has 1 aliphatic carbocycles. The van der Waals surface area contributed by atoms with Crippen molar-refractivity contribution in [2.24, 2.45) is 5.41 Å². The van der Waals surface area contributed by atoms with Gasteiger partial charge in [0.15, 0.2) is 5.78 Å². The Bertz CT molecular complexity index is 902. The van der Waals surface area contributed by atoms with Crippen molar-refractivity contribution in [3.05, 3.63) is 41.2 Å². The molecule has 3 nitrogen and oxygen atoms in total. The number of aromatic nitrogens is 2. The van der Waals surface area contributed by atoms with E-state index in [2.05, 4.69) is 31.0 Å². The topological polar surface area (TPSA) is 45.8 Å². The lowest BCUT2D eigenvalue weighted by Gasteiger charge is -2.29. The Labute approximate surface area is 123 Å². The molecule has 2 aromatic heterocycles. The number of benzene rings is 1. The number of Topliss-reactive ketones (excluding diaryl/α,β-unsaturated/α-hetero) is 1. The number of carbonyl (C=O) groups excluding carboxylic acids is 1. The molecule has 0 atom stereocenters. The van der Waals surface area contributed by atoms with Crippen LogP contribution in [0.1, 0.15) is 42.0 Å². The van der Waals surface area contributed by atoms with E-state index in [1.807, 2.05) is 19.1 Å². The second kappa shape index (κ2) is 3.94. The number of ketones is 1. The van der Waals surface area contributed by atoms with Gasteiger partial charge in [0.2, 0.25) is 0 Å². The van der Waals surface area contributed by atoms with Crippen LogP contribution in [0.4, 0.5) is 0 Å². The van der Waals surface area contributed by atoms with Gasteiger partial charge in [0, 0.05) is 28.4 Å². The highest BCUT2D eigenvalue weighted by molar-refractivity contribution is 6.17. The largest absolute Gasteiger partial charge is 0.354 e. The van der Waals surface area contributed by atoms with Gasteiger partial charge in [0.25, 0.3) is 0 Å². The number of pyridine rings is 1. The predicted octanol–water partition coefficient (Wildman–Crippen LogP) is 4.18. The standard InChI is InChI=1S/C18H18N2O/c1-10-15-11-6-4-5-7-12(11)20-17(15)16-13(19-10)8-18(2,3)9-14(16)21/h4-7,20H,8-9H2,1-3H3. The highest BCUT2D eigenvalue weighted by Gasteiger charge is 2.34. The second-order valence-corrected chi connectivity index (χ2v) is 6.88. The van der Waals surface area contributed by atoms with Crippen molar-refractivity contribution < 1.29 is 4.79 Å². The van der Waals surface area contributed by atoms with Gasteiger partial charge >= 0.3 is 0 Å². The molecule has 2 heterocycles. The number of aromatic amines is 1. The number of H-pyrrole nitrogens is 1. The molecule has 1 aliphatic rings. The Balaban J connectivity index is 2.15. The van der Waals surface area contributed by atoms with Crippen LogP contribution in [0.25, 0.3) is 21.8 Å². The Kier molecular flexibility index (Phi) is 2.36. The van der Waals surface area contributed by atoms with Gasteiger partial charge in [0.05, 0.1) is 16.8 Å². The van der Waals surface area contributed by atoms with Crippen LogP contribution in [0.3, 0.4) is 0 Å². The number of fused-ring (bicyclic) bond motifs is 5. The summed E-state index contributed by atoms with van der Waals surface area (Å²) in [5.74, 6) is 0.213. The Morgan fingerprint density at radius 3 is 2.76 bits per heavy atom. The monoisotopic (exact) mass is 278 g/mol.